The Bertz CT molecular complexity index is 173. The van der Waals surface area contributed by atoms with Gasteiger partial charge in [-0.05, 0) is 34.0 Å². The summed E-state index contributed by atoms with van der Waals surface area (Å²) in [5.41, 5.74) is 0. The van der Waals surface area contributed by atoms with Gasteiger partial charge in [0.05, 0.1) is 0 Å². The van der Waals surface area contributed by atoms with Crippen molar-refractivity contribution in [2.24, 2.45) is 9.53 Å². The van der Waals surface area contributed by atoms with Crippen molar-refractivity contribution in [2.45, 2.75) is 0 Å². The molecule has 0 bridgehead atoms. The molecule has 0 N–H and O–H groups in total. The average molecular weight is 218 g/mol. The zero-order valence-corrected chi connectivity index (χ0v) is 7.95. The van der Waals surface area contributed by atoms with Crippen molar-refractivity contribution in [1.82, 2.24) is 0 Å². The van der Waals surface area contributed by atoms with Gasteiger partial charge in [-0.25, -0.2) is 0 Å². The lowest BCUT2D eigenvalue weighted by atomic mass is 11.8. The van der Waals surface area contributed by atoms with Crippen molar-refractivity contribution in [3.63, 3.8) is 0 Å². The number of thiocarbonyl (C=S) groups is 2. The summed E-state index contributed by atoms with van der Waals surface area (Å²) in [6.07, 6.45) is -2.68. The highest BCUT2D eigenvalue weighted by Gasteiger charge is 2.34. The zero-order valence-electron chi connectivity index (χ0n) is 3.91. The summed E-state index contributed by atoms with van der Waals surface area (Å²) in [4.78, 5) is 0. The van der Waals surface area contributed by atoms with Crippen LogP contribution in [0.2, 0.25) is 0 Å². The molecule has 0 aliphatic heterocycles. The van der Waals surface area contributed by atoms with E-state index in [9.17, 15) is 0 Å². The molecule has 0 amide bonds. The van der Waals surface area contributed by atoms with Gasteiger partial charge >= 0.3 is 6.27 Å². The quantitative estimate of drug-likeness (QED) is 0.403. The molecule has 0 spiro atoms. The molecule has 2 nitrogen and oxygen atoms in total. The molecular weight excluding hydrogens is 218 g/mol. The fraction of sp³-hybridized carbons (Fsp3) is 0. The summed E-state index contributed by atoms with van der Waals surface area (Å²) >= 11 is 19.3. The van der Waals surface area contributed by atoms with Crippen LogP contribution in [0.3, 0.4) is 0 Å². The first-order valence-corrected chi connectivity index (χ1v) is 5.91. The predicted octanol–water partition coefficient (Wildman–Crippen LogP) is 3.35. The van der Waals surface area contributed by atoms with E-state index in [1.807, 2.05) is 10.3 Å². The Kier molecular flexibility index (Phi) is 4.73. The molecule has 0 aromatic heterocycles. The SMILES string of the molecule is S=C=N[P+](Cl)(Cl)N=C=S. The Labute approximate surface area is 73.0 Å². The molecule has 0 aromatic carbocycles. The molecule has 0 rings (SSSR count). The first-order valence-electron chi connectivity index (χ1n) is 1.59. The molecule has 0 saturated heterocycles. The van der Waals surface area contributed by atoms with Gasteiger partial charge in [0.25, 0.3) is 0 Å². The average Bonchev–Trinajstić information content (AvgIpc) is 1.64. The molecule has 48 valence electrons. The van der Waals surface area contributed by atoms with E-state index >= 15 is 0 Å². The Morgan fingerprint density at radius 2 is 1.44 bits per heavy atom. The van der Waals surface area contributed by atoms with Gasteiger partial charge in [-0.15, -0.1) is 0 Å². The first kappa shape index (κ1) is 9.61. The van der Waals surface area contributed by atoms with E-state index in [-0.39, 0.29) is 0 Å². The van der Waals surface area contributed by atoms with Crippen LogP contribution in [0.15, 0.2) is 9.53 Å². The number of nitrogens with zero attached hydrogens (tertiary/aromatic N) is 2. The van der Waals surface area contributed by atoms with E-state index in [0.717, 1.165) is 0 Å². The monoisotopic (exact) mass is 217 g/mol. The Morgan fingerprint density at radius 3 is 1.67 bits per heavy atom. The van der Waals surface area contributed by atoms with Crippen LogP contribution in [0.4, 0.5) is 0 Å². The van der Waals surface area contributed by atoms with Gasteiger partial charge < -0.3 is 0 Å². The Morgan fingerprint density at radius 1 is 1.11 bits per heavy atom. The highest BCUT2D eigenvalue weighted by Crippen LogP contribution is 2.71. The summed E-state index contributed by atoms with van der Waals surface area (Å²) in [6, 6.07) is 0. The summed E-state index contributed by atoms with van der Waals surface area (Å²) in [6.45, 7) is 0. The van der Waals surface area contributed by atoms with Crippen molar-refractivity contribution in [1.29, 1.82) is 0 Å². The van der Waals surface area contributed by atoms with Crippen LogP contribution in [0, 0.1) is 0 Å². The van der Waals surface area contributed by atoms with Crippen molar-refractivity contribution in [2.75, 3.05) is 0 Å². The van der Waals surface area contributed by atoms with E-state index in [2.05, 4.69) is 34.0 Å². The smallest absolute Gasteiger partial charge is 0.00733 e. The lowest BCUT2D eigenvalue weighted by Gasteiger charge is -1.84. The van der Waals surface area contributed by atoms with Gasteiger partial charge in [0.1, 0.15) is 10.3 Å². The minimum atomic E-state index is -2.68. The first-order chi connectivity index (χ1) is 4.12. The standard InChI is InChI=1S/C2Cl2N2PS2/c3-7(4,5-1-8)6-2-9/q+1. The van der Waals surface area contributed by atoms with Gasteiger partial charge in [0.15, 0.2) is 22.5 Å². The van der Waals surface area contributed by atoms with Gasteiger partial charge in [0.2, 0.25) is 0 Å². The third-order valence-electron chi connectivity index (χ3n) is 0.322. The van der Waals surface area contributed by atoms with Crippen molar-refractivity contribution in [3.05, 3.63) is 0 Å². The number of halogens is 2. The molecule has 0 fully saturated rings. The van der Waals surface area contributed by atoms with Crippen molar-refractivity contribution < 1.29 is 0 Å². The Hall–Kier alpha value is 0.610. The van der Waals surface area contributed by atoms with Gasteiger partial charge in [-0.2, -0.15) is 0 Å². The van der Waals surface area contributed by atoms with Crippen LogP contribution in [0.1, 0.15) is 0 Å². The summed E-state index contributed by atoms with van der Waals surface area (Å²) in [5.74, 6) is 0. The Balaban J connectivity index is 4.36. The molecular formula is C2Cl2N2PS2+. The van der Waals surface area contributed by atoms with Crippen molar-refractivity contribution in [3.8, 4) is 0 Å². The predicted molar refractivity (Wildman–Crippen MR) is 48.7 cm³/mol. The minimum absolute atomic E-state index is 2.01. The summed E-state index contributed by atoms with van der Waals surface area (Å²) in [5, 5.41) is 4.01. The second kappa shape index (κ2) is 4.43. The molecule has 9 heavy (non-hydrogen) atoms. The van der Waals surface area contributed by atoms with Crippen LogP contribution in [-0.4, -0.2) is 10.3 Å². The minimum Gasteiger partial charge on any atom is -0.00733 e. The molecule has 0 atom stereocenters. The lowest BCUT2D eigenvalue weighted by molar-refractivity contribution is 1.83. The summed E-state index contributed by atoms with van der Waals surface area (Å²) in [7, 11) is 0. The molecule has 0 radical (unpaired) electrons. The molecule has 0 aliphatic rings. The van der Waals surface area contributed by atoms with Gasteiger partial charge in [-0.3, -0.25) is 0 Å². The molecule has 0 saturated carbocycles. The molecule has 7 heteroatoms. The van der Waals surface area contributed by atoms with E-state index in [0.29, 0.717) is 0 Å². The molecule has 0 aromatic rings. The van der Waals surface area contributed by atoms with Crippen LogP contribution < -0.4 is 0 Å². The topological polar surface area (TPSA) is 24.7 Å². The van der Waals surface area contributed by atoms with Crippen LogP contribution in [0.5, 0.6) is 0 Å². The molecule has 0 aliphatic carbocycles. The number of hydrogen-bond donors (Lipinski definition) is 0. The number of isothiocyanates is 2. The van der Waals surface area contributed by atoms with Gasteiger partial charge in [-0.1, -0.05) is 0 Å². The van der Waals surface area contributed by atoms with Crippen LogP contribution in [-0.2, 0) is 0 Å². The van der Waals surface area contributed by atoms with E-state index in [1.165, 1.54) is 0 Å². The second-order valence-corrected chi connectivity index (χ2v) is 5.86. The second-order valence-electron chi connectivity index (χ2n) is 0.838. The van der Waals surface area contributed by atoms with Gasteiger partial charge in [0, 0.05) is 0 Å². The third kappa shape index (κ3) is 5.07. The number of rotatable bonds is 2. The normalized spacial score (nSPS) is 9.11. The fourth-order valence-electron chi connectivity index (χ4n) is 0.121. The highest BCUT2D eigenvalue weighted by atomic mass is 35.9. The van der Waals surface area contributed by atoms with E-state index in [1.54, 1.807) is 0 Å². The van der Waals surface area contributed by atoms with E-state index < -0.39 is 6.27 Å². The fourth-order valence-corrected chi connectivity index (χ4v) is 2.06. The third-order valence-corrected chi connectivity index (χ3v) is 2.36. The highest BCUT2D eigenvalue weighted by molar-refractivity contribution is 8.15. The van der Waals surface area contributed by atoms with Crippen LogP contribution in [0.25, 0.3) is 0 Å². The summed E-state index contributed by atoms with van der Waals surface area (Å²) < 4.78 is 6.71. The molecule has 0 heterocycles. The molecule has 0 unspecified atom stereocenters. The number of hydrogen-bond acceptors (Lipinski definition) is 4. The maximum absolute atomic E-state index is 5.42. The van der Waals surface area contributed by atoms with E-state index in [4.69, 9.17) is 22.5 Å². The van der Waals surface area contributed by atoms with Crippen molar-refractivity contribution >= 4 is 63.5 Å². The largest absolute Gasteiger partial charge is 0.463 e. The zero-order chi connectivity index (χ0) is 7.33. The maximum Gasteiger partial charge on any atom is 0.463 e. The van der Waals surface area contributed by atoms with Crippen LogP contribution >= 0.6 is 53.2 Å². The maximum atomic E-state index is 5.42. The lowest BCUT2D eigenvalue weighted by Crippen LogP contribution is -1.57.